The molecule has 4 unspecified atom stereocenters. The summed E-state index contributed by atoms with van der Waals surface area (Å²) in [4.78, 5) is 52.3. The van der Waals surface area contributed by atoms with Crippen LogP contribution in [-0.4, -0.2) is 64.4 Å². The van der Waals surface area contributed by atoms with Crippen molar-refractivity contribution in [1.29, 1.82) is 0 Å². The minimum Gasteiger partial charge on any atom is -0.480 e. The Balaban J connectivity index is 2.21. The Morgan fingerprint density at radius 3 is 2.26 bits per heavy atom. The van der Waals surface area contributed by atoms with E-state index < -0.39 is 42.0 Å². The molecule has 5 N–H and O–H groups in total. The fourth-order valence-corrected chi connectivity index (χ4v) is 4.08. The van der Waals surface area contributed by atoms with Crippen molar-refractivity contribution < 1.29 is 24.3 Å². The maximum Gasteiger partial charge on any atom is 0.326 e. The molecule has 1 saturated heterocycles. The summed E-state index contributed by atoms with van der Waals surface area (Å²) in [5.41, 5.74) is 6.86. The van der Waals surface area contributed by atoms with Crippen LogP contribution in [0.5, 0.6) is 0 Å². The highest BCUT2D eigenvalue weighted by atomic mass is 16.4. The maximum atomic E-state index is 13.6. The molecule has 0 aromatic heterocycles. The maximum absolute atomic E-state index is 13.6. The third kappa shape index (κ3) is 7.55. The molecule has 1 heterocycles. The third-order valence-corrected chi connectivity index (χ3v) is 6.08. The molecule has 0 saturated carbocycles. The molecule has 188 valence electrons. The van der Waals surface area contributed by atoms with E-state index in [2.05, 4.69) is 10.6 Å². The van der Waals surface area contributed by atoms with E-state index in [4.69, 9.17) is 5.73 Å². The van der Waals surface area contributed by atoms with Crippen molar-refractivity contribution in [3.63, 3.8) is 0 Å². The molecule has 1 fully saturated rings. The molecule has 1 aromatic carbocycles. The standard InChI is InChI=1S/C25H38N4O5/c1-15(2)13-19(25(33)34)28-22(30)20-11-8-12-29(20)24(32)18(14-17-9-6-5-7-10-17)27-23(31)21(26)16(3)4/h5-7,9-10,15-16,18-21H,8,11-14,26H2,1-4H3,(H,27,31)(H,28,30)(H,33,34). The minimum atomic E-state index is -1.10. The first-order valence-corrected chi connectivity index (χ1v) is 11.9. The van der Waals surface area contributed by atoms with E-state index >= 15 is 0 Å². The molecule has 9 heteroatoms. The molecule has 34 heavy (non-hydrogen) atoms. The largest absolute Gasteiger partial charge is 0.480 e. The highest BCUT2D eigenvalue weighted by Gasteiger charge is 2.39. The molecule has 0 spiro atoms. The summed E-state index contributed by atoms with van der Waals surface area (Å²) in [7, 11) is 0. The lowest BCUT2D eigenvalue weighted by Crippen LogP contribution is -2.57. The number of amides is 3. The second-order valence-corrected chi connectivity index (χ2v) is 9.74. The SMILES string of the molecule is CC(C)CC(NC(=O)C1CCCN1C(=O)C(Cc1ccccc1)NC(=O)C(N)C(C)C)C(=O)O. The molecule has 4 atom stereocenters. The van der Waals surface area contributed by atoms with Gasteiger partial charge in [-0.2, -0.15) is 0 Å². The number of carbonyl (C=O) groups is 4. The number of carboxylic acids is 1. The Kier molecular flexibility index (Phi) is 10.0. The highest BCUT2D eigenvalue weighted by Crippen LogP contribution is 2.20. The van der Waals surface area contributed by atoms with Gasteiger partial charge in [-0.15, -0.1) is 0 Å². The minimum absolute atomic E-state index is 0.0818. The average Bonchev–Trinajstić information content (AvgIpc) is 3.27. The molecule has 1 aliphatic rings. The molecule has 0 bridgehead atoms. The van der Waals surface area contributed by atoms with Crippen molar-refractivity contribution in [3.05, 3.63) is 35.9 Å². The fraction of sp³-hybridized carbons (Fsp3) is 0.600. The predicted molar refractivity (Wildman–Crippen MR) is 129 cm³/mol. The number of nitrogens with one attached hydrogen (secondary N) is 2. The van der Waals surface area contributed by atoms with Gasteiger partial charge in [0.1, 0.15) is 18.1 Å². The Morgan fingerprint density at radius 1 is 1.06 bits per heavy atom. The zero-order chi connectivity index (χ0) is 25.4. The van der Waals surface area contributed by atoms with Crippen molar-refractivity contribution in [2.75, 3.05) is 6.54 Å². The van der Waals surface area contributed by atoms with Crippen LogP contribution in [-0.2, 0) is 25.6 Å². The van der Waals surface area contributed by atoms with E-state index in [1.807, 2.05) is 58.0 Å². The molecule has 0 radical (unpaired) electrons. The first-order valence-electron chi connectivity index (χ1n) is 11.9. The predicted octanol–water partition coefficient (Wildman–Crippen LogP) is 1.30. The Morgan fingerprint density at radius 2 is 1.71 bits per heavy atom. The van der Waals surface area contributed by atoms with Crippen LogP contribution in [0.3, 0.4) is 0 Å². The first-order chi connectivity index (χ1) is 16.0. The molecular formula is C25H38N4O5. The lowest BCUT2D eigenvalue weighted by Gasteiger charge is -2.30. The van der Waals surface area contributed by atoms with Gasteiger partial charge >= 0.3 is 5.97 Å². The Bertz CT molecular complexity index is 858. The molecular weight excluding hydrogens is 436 g/mol. The van der Waals surface area contributed by atoms with Gasteiger partial charge in [0.25, 0.3) is 0 Å². The van der Waals surface area contributed by atoms with Crippen molar-refractivity contribution in [1.82, 2.24) is 15.5 Å². The number of hydrogen-bond donors (Lipinski definition) is 4. The molecule has 3 amide bonds. The number of nitrogens with zero attached hydrogens (tertiary/aromatic N) is 1. The van der Waals surface area contributed by atoms with Crippen LogP contribution in [0.25, 0.3) is 0 Å². The van der Waals surface area contributed by atoms with E-state index in [-0.39, 0.29) is 24.2 Å². The van der Waals surface area contributed by atoms with Gasteiger partial charge in [0.05, 0.1) is 6.04 Å². The van der Waals surface area contributed by atoms with Gasteiger partial charge in [-0.05, 0) is 36.7 Å². The van der Waals surface area contributed by atoms with Crippen molar-refractivity contribution >= 4 is 23.7 Å². The van der Waals surface area contributed by atoms with Crippen molar-refractivity contribution in [2.24, 2.45) is 17.6 Å². The fourth-order valence-electron chi connectivity index (χ4n) is 4.08. The zero-order valence-corrected chi connectivity index (χ0v) is 20.5. The Hall–Kier alpha value is -2.94. The summed E-state index contributed by atoms with van der Waals surface area (Å²) in [6.07, 6.45) is 1.60. The van der Waals surface area contributed by atoms with Crippen molar-refractivity contribution in [3.8, 4) is 0 Å². The molecule has 0 aliphatic carbocycles. The van der Waals surface area contributed by atoms with Crippen LogP contribution in [0.4, 0.5) is 0 Å². The zero-order valence-electron chi connectivity index (χ0n) is 20.5. The van der Waals surface area contributed by atoms with Crippen LogP contribution >= 0.6 is 0 Å². The third-order valence-electron chi connectivity index (χ3n) is 6.08. The quantitative estimate of drug-likeness (QED) is 0.381. The normalized spacial score (nSPS) is 18.4. The van der Waals surface area contributed by atoms with Gasteiger partial charge in [-0.25, -0.2) is 4.79 Å². The van der Waals surface area contributed by atoms with Crippen LogP contribution in [0.1, 0.15) is 52.5 Å². The molecule has 9 nitrogen and oxygen atoms in total. The number of nitrogens with two attached hydrogens (primary N) is 1. The lowest BCUT2D eigenvalue weighted by molar-refractivity contribution is -0.145. The molecule has 1 aromatic rings. The van der Waals surface area contributed by atoms with E-state index in [0.29, 0.717) is 25.8 Å². The van der Waals surface area contributed by atoms with Gasteiger partial charge in [0.2, 0.25) is 17.7 Å². The average molecular weight is 475 g/mol. The number of rotatable bonds is 11. The number of hydrogen-bond acceptors (Lipinski definition) is 5. The Labute approximate surface area is 201 Å². The second-order valence-electron chi connectivity index (χ2n) is 9.74. The van der Waals surface area contributed by atoms with Crippen LogP contribution in [0.15, 0.2) is 30.3 Å². The van der Waals surface area contributed by atoms with E-state index in [1.54, 1.807) is 0 Å². The van der Waals surface area contributed by atoms with Gasteiger partial charge in [-0.1, -0.05) is 58.0 Å². The van der Waals surface area contributed by atoms with Gasteiger partial charge in [0, 0.05) is 13.0 Å². The lowest BCUT2D eigenvalue weighted by atomic mass is 10.0. The number of carboxylic acid groups (broad SMARTS) is 1. The van der Waals surface area contributed by atoms with Crippen LogP contribution < -0.4 is 16.4 Å². The molecule has 1 aliphatic heterocycles. The van der Waals surface area contributed by atoms with Gasteiger partial charge < -0.3 is 26.4 Å². The summed E-state index contributed by atoms with van der Waals surface area (Å²) in [6.45, 7) is 7.78. The molecule has 2 rings (SSSR count). The van der Waals surface area contributed by atoms with Crippen LogP contribution in [0.2, 0.25) is 0 Å². The monoisotopic (exact) mass is 474 g/mol. The van der Waals surface area contributed by atoms with E-state index in [1.165, 1.54) is 4.90 Å². The topological polar surface area (TPSA) is 142 Å². The highest BCUT2D eigenvalue weighted by molar-refractivity contribution is 5.94. The van der Waals surface area contributed by atoms with Crippen LogP contribution in [0, 0.1) is 11.8 Å². The summed E-state index contributed by atoms with van der Waals surface area (Å²) < 4.78 is 0. The summed E-state index contributed by atoms with van der Waals surface area (Å²) in [5, 5.41) is 14.9. The van der Waals surface area contributed by atoms with Gasteiger partial charge in [0.15, 0.2) is 0 Å². The smallest absolute Gasteiger partial charge is 0.326 e. The van der Waals surface area contributed by atoms with Crippen molar-refractivity contribution in [2.45, 2.75) is 77.5 Å². The summed E-state index contributed by atoms with van der Waals surface area (Å²) in [6, 6.07) is 5.85. The number of carbonyl (C=O) groups excluding carboxylic acids is 3. The van der Waals surface area contributed by atoms with Gasteiger partial charge in [-0.3, -0.25) is 14.4 Å². The van der Waals surface area contributed by atoms with E-state index in [0.717, 1.165) is 5.56 Å². The summed E-state index contributed by atoms with van der Waals surface area (Å²) in [5.74, 6) is -2.41. The number of aliphatic carboxylic acids is 1. The first kappa shape index (κ1) is 27.3. The number of benzene rings is 1. The number of likely N-dealkylation sites (tertiary alicyclic amines) is 1. The second kappa shape index (κ2) is 12.5. The van der Waals surface area contributed by atoms with E-state index in [9.17, 15) is 24.3 Å². The summed E-state index contributed by atoms with van der Waals surface area (Å²) >= 11 is 0.